The smallest absolute Gasteiger partial charge is 0.332 e. The number of benzene rings is 1. The fourth-order valence-electron chi connectivity index (χ4n) is 3.51. The van der Waals surface area contributed by atoms with Gasteiger partial charge in [0.25, 0.3) is 5.56 Å². The number of hydrogen-bond donors (Lipinski definition) is 1. The molecule has 0 aliphatic carbocycles. The maximum absolute atomic E-state index is 12.8. The number of nitrogens with zero attached hydrogens (tertiary/aromatic N) is 4. The Hall–Kier alpha value is -3.21. The Kier molecular flexibility index (Phi) is 6.26. The highest BCUT2D eigenvalue weighted by atomic mass is 32.2. The Morgan fingerprint density at radius 1 is 1.16 bits per heavy atom. The van der Waals surface area contributed by atoms with Crippen molar-refractivity contribution in [3.63, 3.8) is 0 Å². The maximum atomic E-state index is 12.8. The van der Waals surface area contributed by atoms with Gasteiger partial charge in [0.05, 0.1) is 5.75 Å². The number of rotatable bonds is 7. The maximum Gasteiger partial charge on any atom is 0.332 e. The number of carbonyl (C=O) groups is 1. The van der Waals surface area contributed by atoms with Crippen molar-refractivity contribution in [3.8, 4) is 11.5 Å². The highest BCUT2D eigenvalue weighted by Crippen LogP contribution is 2.32. The van der Waals surface area contributed by atoms with Crippen molar-refractivity contribution in [2.45, 2.75) is 31.5 Å². The Labute approximate surface area is 188 Å². The van der Waals surface area contributed by atoms with Crippen molar-refractivity contribution in [3.05, 3.63) is 39.0 Å². The second-order valence-corrected chi connectivity index (χ2v) is 8.42. The van der Waals surface area contributed by atoms with Gasteiger partial charge in [-0.05, 0) is 18.6 Å². The summed E-state index contributed by atoms with van der Waals surface area (Å²) < 4.78 is 15.3. The van der Waals surface area contributed by atoms with Crippen LogP contribution in [0.3, 0.4) is 0 Å². The number of amides is 1. The van der Waals surface area contributed by atoms with Crippen LogP contribution < -0.4 is 26.0 Å². The van der Waals surface area contributed by atoms with Crippen molar-refractivity contribution in [1.82, 2.24) is 18.7 Å². The lowest BCUT2D eigenvalue weighted by molar-refractivity contribution is -0.113. The summed E-state index contributed by atoms with van der Waals surface area (Å²) in [6, 6.07) is 5.25. The van der Waals surface area contributed by atoms with Crippen LogP contribution >= 0.6 is 11.8 Å². The number of aromatic nitrogens is 4. The van der Waals surface area contributed by atoms with E-state index in [9.17, 15) is 14.4 Å². The Balaban J connectivity index is 1.56. The van der Waals surface area contributed by atoms with Gasteiger partial charge in [-0.2, -0.15) is 0 Å². The first-order valence-electron chi connectivity index (χ1n) is 10.4. The van der Waals surface area contributed by atoms with E-state index in [2.05, 4.69) is 17.2 Å². The molecule has 0 saturated carbocycles. The quantitative estimate of drug-likeness (QED) is 0.536. The van der Waals surface area contributed by atoms with Crippen LogP contribution in [0, 0.1) is 0 Å². The number of thioether (sulfide) groups is 1. The predicted molar refractivity (Wildman–Crippen MR) is 122 cm³/mol. The SMILES string of the molecule is CCCCn1c(SCC(=O)Nc2ccc3c(c2)OCCO3)nc2c1c(=O)n(C)c(=O)n2C. The second kappa shape index (κ2) is 9.11. The molecule has 0 atom stereocenters. The van der Waals surface area contributed by atoms with Crippen LogP contribution in [0.25, 0.3) is 11.2 Å². The molecule has 2 aromatic heterocycles. The third-order valence-corrected chi connectivity index (χ3v) is 6.18. The van der Waals surface area contributed by atoms with Gasteiger partial charge in [-0.25, -0.2) is 9.78 Å². The van der Waals surface area contributed by atoms with Gasteiger partial charge in [0.1, 0.15) is 13.2 Å². The van der Waals surface area contributed by atoms with Gasteiger partial charge in [0.15, 0.2) is 27.8 Å². The molecule has 1 aliphatic rings. The summed E-state index contributed by atoms with van der Waals surface area (Å²) in [6.07, 6.45) is 1.77. The minimum absolute atomic E-state index is 0.0954. The van der Waals surface area contributed by atoms with E-state index in [1.165, 1.54) is 23.4 Å². The molecule has 11 heteroatoms. The van der Waals surface area contributed by atoms with E-state index >= 15 is 0 Å². The summed E-state index contributed by atoms with van der Waals surface area (Å²) in [4.78, 5) is 42.2. The van der Waals surface area contributed by atoms with Gasteiger partial charge in [-0.3, -0.25) is 18.7 Å². The van der Waals surface area contributed by atoms with Crippen LogP contribution in [-0.2, 0) is 25.4 Å². The number of imidazole rings is 1. The second-order valence-electron chi connectivity index (χ2n) is 7.47. The number of ether oxygens (including phenoxy) is 2. The molecule has 0 fully saturated rings. The normalized spacial score (nSPS) is 12.8. The first-order valence-corrected chi connectivity index (χ1v) is 11.4. The summed E-state index contributed by atoms with van der Waals surface area (Å²) in [6.45, 7) is 3.60. The van der Waals surface area contributed by atoms with Gasteiger partial charge in [0, 0.05) is 32.4 Å². The fourth-order valence-corrected chi connectivity index (χ4v) is 4.33. The first-order chi connectivity index (χ1) is 15.4. The van der Waals surface area contributed by atoms with Gasteiger partial charge in [0.2, 0.25) is 5.91 Å². The number of fused-ring (bicyclic) bond motifs is 2. The monoisotopic (exact) mass is 459 g/mol. The summed E-state index contributed by atoms with van der Waals surface area (Å²) in [5.74, 6) is 1.13. The van der Waals surface area contributed by atoms with Crippen LogP contribution in [0.1, 0.15) is 19.8 Å². The summed E-state index contributed by atoms with van der Waals surface area (Å²) in [5.41, 5.74) is 0.479. The minimum Gasteiger partial charge on any atom is -0.486 e. The van der Waals surface area contributed by atoms with Crippen molar-refractivity contribution in [1.29, 1.82) is 0 Å². The Morgan fingerprint density at radius 3 is 2.66 bits per heavy atom. The molecule has 1 N–H and O–H groups in total. The van der Waals surface area contributed by atoms with Crippen LogP contribution in [0.15, 0.2) is 32.9 Å². The number of carbonyl (C=O) groups excluding carboxylic acids is 1. The molecule has 10 nitrogen and oxygen atoms in total. The van der Waals surface area contributed by atoms with E-state index < -0.39 is 5.69 Å². The van der Waals surface area contributed by atoms with Crippen LogP contribution in [0.2, 0.25) is 0 Å². The largest absolute Gasteiger partial charge is 0.486 e. The van der Waals surface area contributed by atoms with E-state index in [4.69, 9.17) is 9.47 Å². The fraction of sp³-hybridized carbons (Fsp3) is 0.429. The number of nitrogens with one attached hydrogen (secondary N) is 1. The molecule has 0 radical (unpaired) electrons. The van der Waals surface area contributed by atoms with E-state index in [-0.39, 0.29) is 17.2 Å². The van der Waals surface area contributed by atoms with Gasteiger partial charge in [-0.15, -0.1) is 0 Å². The Bertz CT molecular complexity index is 1290. The number of unbranched alkanes of at least 4 members (excludes halogenated alkanes) is 1. The number of anilines is 1. The third-order valence-electron chi connectivity index (χ3n) is 5.21. The molecule has 0 saturated heterocycles. The van der Waals surface area contributed by atoms with Crippen LogP contribution in [-0.4, -0.2) is 43.6 Å². The van der Waals surface area contributed by atoms with E-state index in [1.807, 2.05) is 4.57 Å². The van der Waals surface area contributed by atoms with Crippen LogP contribution in [0.4, 0.5) is 5.69 Å². The van der Waals surface area contributed by atoms with Gasteiger partial charge < -0.3 is 19.4 Å². The zero-order valence-corrected chi connectivity index (χ0v) is 19.0. The van der Waals surface area contributed by atoms with Crippen molar-refractivity contribution >= 4 is 34.5 Å². The molecule has 0 unspecified atom stereocenters. The van der Waals surface area contributed by atoms with Gasteiger partial charge >= 0.3 is 5.69 Å². The van der Waals surface area contributed by atoms with Gasteiger partial charge in [-0.1, -0.05) is 25.1 Å². The van der Waals surface area contributed by atoms with E-state index in [0.29, 0.717) is 53.3 Å². The highest BCUT2D eigenvalue weighted by molar-refractivity contribution is 7.99. The minimum atomic E-state index is -0.435. The first kappa shape index (κ1) is 22.0. The molecule has 1 aromatic carbocycles. The average molecular weight is 460 g/mol. The zero-order valence-electron chi connectivity index (χ0n) is 18.2. The lowest BCUT2D eigenvalue weighted by atomic mass is 10.2. The summed E-state index contributed by atoms with van der Waals surface area (Å²) in [5, 5.41) is 3.38. The lowest BCUT2D eigenvalue weighted by Crippen LogP contribution is -2.37. The molecule has 3 aromatic rings. The molecule has 170 valence electrons. The number of aryl methyl sites for hydroxylation is 2. The summed E-state index contributed by atoms with van der Waals surface area (Å²) >= 11 is 1.23. The molecule has 3 heterocycles. The lowest BCUT2D eigenvalue weighted by Gasteiger charge is -2.19. The Morgan fingerprint density at radius 2 is 1.91 bits per heavy atom. The summed E-state index contributed by atoms with van der Waals surface area (Å²) in [7, 11) is 3.04. The zero-order chi connectivity index (χ0) is 22.8. The molecule has 32 heavy (non-hydrogen) atoms. The average Bonchev–Trinajstić information content (AvgIpc) is 3.17. The molecule has 0 spiro atoms. The molecule has 1 amide bonds. The predicted octanol–water partition coefficient (Wildman–Crippen LogP) is 1.74. The van der Waals surface area contributed by atoms with Crippen LogP contribution in [0.5, 0.6) is 11.5 Å². The van der Waals surface area contributed by atoms with E-state index in [1.54, 1.807) is 25.2 Å². The molecular weight excluding hydrogens is 434 g/mol. The molecule has 0 bridgehead atoms. The van der Waals surface area contributed by atoms with Crippen molar-refractivity contribution < 1.29 is 14.3 Å². The standard InChI is InChI=1S/C21H25N5O5S/c1-4-5-8-26-17-18(24(2)21(29)25(3)19(17)28)23-20(26)32-12-16(27)22-13-6-7-14-15(11-13)31-10-9-30-14/h6-7,11H,4-5,8-10,12H2,1-3H3,(H,22,27). The van der Waals surface area contributed by atoms with Crippen molar-refractivity contribution in [2.24, 2.45) is 14.1 Å². The highest BCUT2D eigenvalue weighted by Gasteiger charge is 2.20. The number of hydrogen-bond acceptors (Lipinski definition) is 7. The van der Waals surface area contributed by atoms with E-state index in [0.717, 1.165) is 17.4 Å². The topological polar surface area (TPSA) is 109 Å². The molecular formula is C21H25N5O5S. The van der Waals surface area contributed by atoms with Crippen molar-refractivity contribution in [2.75, 3.05) is 24.3 Å². The molecule has 4 rings (SSSR count). The third kappa shape index (κ3) is 4.12. The molecule has 1 aliphatic heterocycles.